The molecule has 1 heterocycles. The summed E-state index contributed by atoms with van der Waals surface area (Å²) in [6, 6.07) is 15.4. The highest BCUT2D eigenvalue weighted by Crippen LogP contribution is 2.34. The van der Waals surface area contributed by atoms with Gasteiger partial charge in [0.1, 0.15) is 12.2 Å². The highest BCUT2D eigenvalue weighted by atomic mass is 16.6. The quantitative estimate of drug-likeness (QED) is 0.103. The number of carboxylic acids is 1. The Morgan fingerprint density at radius 2 is 1.90 bits per heavy atom. The molecule has 0 saturated carbocycles. The molecule has 11 heteroatoms. The third-order valence-electron chi connectivity index (χ3n) is 5.72. The molecule has 0 aliphatic rings. The van der Waals surface area contributed by atoms with E-state index in [1.54, 1.807) is 24.3 Å². The van der Waals surface area contributed by atoms with Crippen molar-refractivity contribution in [2.75, 3.05) is 6.61 Å². The molecule has 40 heavy (non-hydrogen) atoms. The number of fused-ring (bicyclic) bond motifs is 1. The molecule has 1 aromatic heterocycles. The van der Waals surface area contributed by atoms with Gasteiger partial charge in [0.25, 0.3) is 5.69 Å². The van der Waals surface area contributed by atoms with Gasteiger partial charge in [0, 0.05) is 23.1 Å². The topological polar surface area (TPSA) is 154 Å². The van der Waals surface area contributed by atoms with Gasteiger partial charge in [-0.2, -0.15) is 5.10 Å². The SMILES string of the molecule is C=CCc1cc(/C=N/NC(=O)c2cc3cc([N+](=O)[O-])ccc3o2)cc(OCC)c1OCc1ccc(C(=O)O)cc1. The summed E-state index contributed by atoms with van der Waals surface area (Å²) in [5, 5.41) is 24.5. The number of hydrogen-bond acceptors (Lipinski definition) is 8. The van der Waals surface area contributed by atoms with Crippen LogP contribution in [-0.4, -0.2) is 34.7 Å². The molecule has 0 aliphatic carbocycles. The molecule has 0 spiro atoms. The number of hydrazone groups is 1. The first-order valence-electron chi connectivity index (χ1n) is 12.2. The van der Waals surface area contributed by atoms with E-state index in [1.807, 2.05) is 13.0 Å². The van der Waals surface area contributed by atoms with Crippen molar-refractivity contribution >= 4 is 34.7 Å². The number of carbonyl (C=O) groups excluding carboxylic acids is 1. The lowest BCUT2D eigenvalue weighted by Crippen LogP contribution is -2.16. The van der Waals surface area contributed by atoms with Crippen LogP contribution in [0.2, 0.25) is 0 Å². The maximum absolute atomic E-state index is 12.6. The van der Waals surface area contributed by atoms with Crippen molar-refractivity contribution in [1.82, 2.24) is 5.43 Å². The Kier molecular flexibility index (Phi) is 8.55. The molecular formula is C29H25N3O8. The van der Waals surface area contributed by atoms with Gasteiger partial charge in [0.15, 0.2) is 17.3 Å². The third-order valence-corrected chi connectivity index (χ3v) is 5.72. The van der Waals surface area contributed by atoms with Crippen molar-refractivity contribution in [2.45, 2.75) is 20.0 Å². The zero-order chi connectivity index (χ0) is 28.6. The molecule has 4 aromatic rings. The average Bonchev–Trinajstić information content (AvgIpc) is 3.37. The van der Waals surface area contributed by atoms with Crippen molar-refractivity contribution in [3.63, 3.8) is 0 Å². The predicted molar refractivity (Wildman–Crippen MR) is 147 cm³/mol. The number of nitro groups is 1. The van der Waals surface area contributed by atoms with Crippen molar-refractivity contribution < 1.29 is 33.5 Å². The Balaban J connectivity index is 1.51. The molecule has 11 nitrogen and oxygen atoms in total. The van der Waals surface area contributed by atoms with Crippen molar-refractivity contribution in [2.24, 2.45) is 5.10 Å². The van der Waals surface area contributed by atoms with Crippen LogP contribution in [0.3, 0.4) is 0 Å². The normalized spacial score (nSPS) is 10.9. The maximum atomic E-state index is 12.6. The highest BCUT2D eigenvalue weighted by molar-refractivity contribution is 5.97. The number of ether oxygens (including phenoxy) is 2. The summed E-state index contributed by atoms with van der Waals surface area (Å²) in [5.41, 5.74) is 4.99. The number of allylic oxidation sites excluding steroid dienone is 1. The second-order valence-corrected chi connectivity index (χ2v) is 8.51. The molecule has 0 atom stereocenters. The molecule has 1 amide bonds. The monoisotopic (exact) mass is 543 g/mol. The summed E-state index contributed by atoms with van der Waals surface area (Å²) >= 11 is 0. The highest BCUT2D eigenvalue weighted by Gasteiger charge is 2.16. The molecule has 2 N–H and O–H groups in total. The number of carbonyl (C=O) groups is 2. The van der Waals surface area contributed by atoms with Crippen LogP contribution in [-0.2, 0) is 13.0 Å². The van der Waals surface area contributed by atoms with E-state index in [-0.39, 0.29) is 23.6 Å². The van der Waals surface area contributed by atoms with E-state index >= 15 is 0 Å². The smallest absolute Gasteiger partial charge is 0.335 e. The number of benzene rings is 3. The fourth-order valence-electron chi connectivity index (χ4n) is 3.87. The van der Waals surface area contributed by atoms with Gasteiger partial charge in [-0.25, -0.2) is 10.2 Å². The van der Waals surface area contributed by atoms with Gasteiger partial charge in [0.05, 0.1) is 23.3 Å². The second-order valence-electron chi connectivity index (χ2n) is 8.51. The van der Waals surface area contributed by atoms with Crippen LogP contribution in [0.25, 0.3) is 11.0 Å². The summed E-state index contributed by atoms with van der Waals surface area (Å²) in [6.45, 7) is 6.21. The number of nitrogens with zero attached hydrogens (tertiary/aromatic N) is 2. The van der Waals surface area contributed by atoms with Crippen LogP contribution in [0.1, 0.15) is 44.5 Å². The molecule has 4 rings (SSSR count). The molecule has 0 bridgehead atoms. The van der Waals surface area contributed by atoms with E-state index in [4.69, 9.17) is 19.0 Å². The van der Waals surface area contributed by atoms with E-state index in [0.717, 1.165) is 11.1 Å². The lowest BCUT2D eigenvalue weighted by Gasteiger charge is -2.17. The number of non-ortho nitro benzene ring substituents is 1. The zero-order valence-electron chi connectivity index (χ0n) is 21.5. The first kappa shape index (κ1) is 27.6. The Bertz CT molecular complexity index is 1610. The minimum Gasteiger partial charge on any atom is -0.490 e. The molecule has 3 aromatic carbocycles. The molecular weight excluding hydrogens is 518 g/mol. The van der Waals surface area contributed by atoms with E-state index < -0.39 is 16.8 Å². The standard InChI is InChI=1S/C29H25N3O8/c1-3-5-21-12-19(13-25(38-4-2)27(21)39-17-18-6-8-20(9-7-18)29(34)35)16-30-31-28(33)26-15-22-14-23(32(36)37)10-11-24(22)40-26/h3,6-16H,1,4-5,17H2,2H3,(H,31,33)(H,34,35)/b30-16+. The summed E-state index contributed by atoms with van der Waals surface area (Å²) in [6.07, 6.45) is 3.62. The molecule has 0 unspecified atom stereocenters. The predicted octanol–water partition coefficient (Wildman–Crippen LogP) is 5.51. The first-order valence-corrected chi connectivity index (χ1v) is 12.2. The minimum absolute atomic E-state index is 0.0462. The number of carboxylic acid groups (broad SMARTS) is 1. The van der Waals surface area contributed by atoms with Crippen LogP contribution >= 0.6 is 0 Å². The number of aromatic carboxylic acids is 1. The van der Waals surface area contributed by atoms with Crippen molar-refractivity contribution in [3.8, 4) is 11.5 Å². The van der Waals surface area contributed by atoms with Crippen molar-refractivity contribution in [1.29, 1.82) is 0 Å². The van der Waals surface area contributed by atoms with Crippen molar-refractivity contribution in [3.05, 3.63) is 111 Å². The van der Waals surface area contributed by atoms with Crippen LogP contribution in [0.5, 0.6) is 11.5 Å². The van der Waals surface area contributed by atoms with E-state index in [0.29, 0.717) is 41.1 Å². The average molecular weight is 544 g/mol. The first-order chi connectivity index (χ1) is 19.3. The number of rotatable bonds is 12. The van der Waals surface area contributed by atoms with Crippen LogP contribution < -0.4 is 14.9 Å². The fourth-order valence-corrected chi connectivity index (χ4v) is 3.87. The van der Waals surface area contributed by atoms with Crippen LogP contribution in [0.4, 0.5) is 5.69 Å². The lowest BCUT2D eigenvalue weighted by molar-refractivity contribution is -0.384. The van der Waals surface area contributed by atoms with Gasteiger partial charge in [-0.3, -0.25) is 14.9 Å². The van der Waals surface area contributed by atoms with Gasteiger partial charge in [-0.15, -0.1) is 6.58 Å². The maximum Gasteiger partial charge on any atom is 0.335 e. The van der Waals surface area contributed by atoms with E-state index in [9.17, 15) is 19.7 Å². The Labute approximate surface area is 228 Å². The summed E-state index contributed by atoms with van der Waals surface area (Å²) in [7, 11) is 0. The molecule has 0 fully saturated rings. The summed E-state index contributed by atoms with van der Waals surface area (Å²) < 4.78 is 17.4. The third kappa shape index (κ3) is 6.51. The van der Waals surface area contributed by atoms with Gasteiger partial charge < -0.3 is 19.0 Å². The van der Waals surface area contributed by atoms with E-state index in [2.05, 4.69) is 17.1 Å². The van der Waals surface area contributed by atoms with Gasteiger partial charge in [0.2, 0.25) is 0 Å². The zero-order valence-corrected chi connectivity index (χ0v) is 21.5. The van der Waals surface area contributed by atoms with Gasteiger partial charge >= 0.3 is 11.9 Å². The van der Waals surface area contributed by atoms with Gasteiger partial charge in [-0.1, -0.05) is 18.2 Å². The Hall–Kier alpha value is -5.45. The summed E-state index contributed by atoms with van der Waals surface area (Å²) in [4.78, 5) is 34.1. The number of amides is 1. The second kappa shape index (κ2) is 12.4. The minimum atomic E-state index is -1.00. The van der Waals surface area contributed by atoms with Crippen LogP contribution in [0, 0.1) is 10.1 Å². The number of hydrogen-bond donors (Lipinski definition) is 2. The van der Waals surface area contributed by atoms with Gasteiger partial charge in [-0.05, 0) is 60.9 Å². The summed E-state index contributed by atoms with van der Waals surface area (Å²) in [5.74, 6) is -0.690. The number of nitro benzene ring substituents is 1. The number of nitrogens with one attached hydrogen (secondary N) is 1. The van der Waals surface area contributed by atoms with E-state index in [1.165, 1.54) is 42.6 Å². The molecule has 0 radical (unpaired) electrons. The molecule has 204 valence electrons. The Morgan fingerprint density at radius 1 is 1.12 bits per heavy atom. The van der Waals surface area contributed by atoms with Crippen LogP contribution in [0.15, 0.2) is 82.8 Å². The fraction of sp³-hybridized carbons (Fsp3) is 0.138. The lowest BCUT2D eigenvalue weighted by atomic mass is 10.1. The largest absolute Gasteiger partial charge is 0.490 e. The molecule has 0 aliphatic heterocycles. The molecule has 0 saturated heterocycles. The number of furan rings is 1. The Morgan fingerprint density at radius 3 is 2.58 bits per heavy atom.